The molecule has 1 spiro atoms. The van der Waals surface area contributed by atoms with Gasteiger partial charge in [-0.05, 0) is 85.9 Å². The van der Waals surface area contributed by atoms with Gasteiger partial charge in [0.25, 0.3) is 0 Å². The van der Waals surface area contributed by atoms with E-state index in [-0.39, 0.29) is 11.7 Å². The van der Waals surface area contributed by atoms with Crippen molar-refractivity contribution in [3.05, 3.63) is 35.9 Å². The summed E-state index contributed by atoms with van der Waals surface area (Å²) in [5.74, 6) is 2.88. The van der Waals surface area contributed by atoms with Crippen LogP contribution in [0.25, 0.3) is 0 Å². The Balaban J connectivity index is 1.29. The normalized spacial score (nSPS) is 52.2. The van der Waals surface area contributed by atoms with Crippen LogP contribution in [0.5, 0.6) is 0 Å². The summed E-state index contributed by atoms with van der Waals surface area (Å²) in [6.07, 6.45) is 10.6. The molecule has 4 saturated carbocycles. The molecule has 0 unspecified atom stereocenters. The Morgan fingerprint density at radius 1 is 1.03 bits per heavy atom. The Morgan fingerprint density at radius 3 is 2.67 bits per heavy atom. The van der Waals surface area contributed by atoms with Crippen LogP contribution in [0.15, 0.2) is 30.3 Å². The van der Waals surface area contributed by atoms with Crippen molar-refractivity contribution in [3.63, 3.8) is 0 Å². The highest BCUT2D eigenvalue weighted by atomic mass is 16.7. The van der Waals surface area contributed by atoms with Crippen LogP contribution in [0, 0.1) is 39.9 Å². The van der Waals surface area contributed by atoms with Crippen molar-refractivity contribution < 1.29 is 14.6 Å². The van der Waals surface area contributed by atoms with Gasteiger partial charge in [0.15, 0.2) is 6.29 Å². The number of aliphatic hydroxyl groups is 1. The summed E-state index contributed by atoms with van der Waals surface area (Å²) in [5, 5.41) is 9.92. The molecule has 164 valence electrons. The maximum absolute atomic E-state index is 9.92. The fourth-order valence-electron chi connectivity index (χ4n) is 9.42. The van der Waals surface area contributed by atoms with Gasteiger partial charge in [0.1, 0.15) is 0 Å². The van der Waals surface area contributed by atoms with Crippen molar-refractivity contribution in [1.82, 2.24) is 0 Å². The second kappa shape index (κ2) is 6.80. The first kappa shape index (κ1) is 19.8. The third kappa shape index (κ3) is 2.49. The van der Waals surface area contributed by atoms with E-state index in [0.717, 1.165) is 24.0 Å². The van der Waals surface area contributed by atoms with Crippen LogP contribution in [-0.2, 0) is 9.47 Å². The Labute approximate surface area is 181 Å². The standard InChI is InChI=1S/C27H38O3/c1-25-17-29-24(18-6-4-3-5-7-18)30-23(25)11-12-26(2)22(25)9-8-21-14-20-15-27(21,26)13-10-19(20)16-28/h3-7,19-24,28H,8-17H2,1-2H3/t19-,20-,21+,22+,23-,24+,25+,26+,27+/m1/s1. The zero-order chi connectivity index (χ0) is 20.6. The van der Waals surface area contributed by atoms with Gasteiger partial charge in [-0.3, -0.25) is 0 Å². The molecule has 9 atom stereocenters. The predicted molar refractivity (Wildman–Crippen MR) is 117 cm³/mol. The molecule has 0 amide bonds. The van der Waals surface area contributed by atoms with Crippen LogP contribution < -0.4 is 0 Å². The maximum Gasteiger partial charge on any atom is 0.184 e. The molecule has 1 heterocycles. The van der Waals surface area contributed by atoms with Gasteiger partial charge in [-0.2, -0.15) is 0 Å². The molecule has 5 fully saturated rings. The van der Waals surface area contributed by atoms with Crippen LogP contribution in [-0.4, -0.2) is 24.4 Å². The van der Waals surface area contributed by atoms with Gasteiger partial charge in [0, 0.05) is 17.6 Å². The summed E-state index contributed by atoms with van der Waals surface area (Å²) in [7, 11) is 0. The summed E-state index contributed by atoms with van der Waals surface area (Å²) < 4.78 is 13.1. The van der Waals surface area contributed by atoms with Crippen LogP contribution >= 0.6 is 0 Å². The van der Waals surface area contributed by atoms with Crippen molar-refractivity contribution >= 4 is 0 Å². The molecular formula is C27H38O3. The minimum absolute atomic E-state index is 0.115. The van der Waals surface area contributed by atoms with Crippen molar-refractivity contribution in [2.24, 2.45) is 39.9 Å². The zero-order valence-corrected chi connectivity index (χ0v) is 18.7. The van der Waals surface area contributed by atoms with Crippen molar-refractivity contribution in [2.75, 3.05) is 13.2 Å². The van der Waals surface area contributed by atoms with Crippen LogP contribution in [0.4, 0.5) is 0 Å². The quantitative estimate of drug-likeness (QED) is 0.676. The molecular weight excluding hydrogens is 372 g/mol. The fraction of sp³-hybridized carbons (Fsp3) is 0.778. The largest absolute Gasteiger partial charge is 0.396 e. The smallest absolute Gasteiger partial charge is 0.184 e. The van der Waals surface area contributed by atoms with Gasteiger partial charge in [0.2, 0.25) is 0 Å². The molecule has 4 aliphatic carbocycles. The molecule has 6 rings (SSSR count). The Bertz CT molecular complexity index is 795. The molecule has 1 aliphatic heterocycles. The number of hydrogen-bond acceptors (Lipinski definition) is 3. The molecule has 2 bridgehead atoms. The third-order valence-electron chi connectivity index (χ3n) is 10.9. The van der Waals surface area contributed by atoms with Gasteiger partial charge < -0.3 is 14.6 Å². The van der Waals surface area contributed by atoms with Gasteiger partial charge in [0.05, 0.1) is 12.7 Å². The molecule has 1 aromatic carbocycles. The lowest BCUT2D eigenvalue weighted by Crippen LogP contribution is -2.64. The van der Waals surface area contributed by atoms with Gasteiger partial charge in [-0.15, -0.1) is 0 Å². The Kier molecular flexibility index (Phi) is 4.48. The molecule has 1 saturated heterocycles. The first-order chi connectivity index (χ1) is 14.5. The second-order valence-corrected chi connectivity index (χ2v) is 11.8. The van der Waals surface area contributed by atoms with E-state index in [4.69, 9.17) is 9.47 Å². The maximum atomic E-state index is 9.92. The summed E-state index contributed by atoms with van der Waals surface area (Å²) in [5.41, 5.74) is 2.15. The third-order valence-corrected chi connectivity index (χ3v) is 10.9. The summed E-state index contributed by atoms with van der Waals surface area (Å²) in [6, 6.07) is 10.5. The van der Waals surface area contributed by atoms with Crippen molar-refractivity contribution in [1.29, 1.82) is 0 Å². The molecule has 1 aromatic rings. The van der Waals surface area contributed by atoms with Crippen molar-refractivity contribution in [2.45, 2.75) is 77.6 Å². The zero-order valence-electron chi connectivity index (χ0n) is 18.7. The lowest BCUT2D eigenvalue weighted by atomic mass is 9.39. The number of fused-ring (bicyclic) bond motifs is 4. The summed E-state index contributed by atoms with van der Waals surface area (Å²) >= 11 is 0. The highest BCUT2D eigenvalue weighted by Crippen LogP contribution is 2.75. The molecule has 30 heavy (non-hydrogen) atoms. The van der Waals surface area contributed by atoms with E-state index in [1.807, 2.05) is 0 Å². The molecule has 0 aromatic heterocycles. The van der Waals surface area contributed by atoms with E-state index in [2.05, 4.69) is 44.2 Å². The lowest BCUT2D eigenvalue weighted by Gasteiger charge is -2.67. The minimum Gasteiger partial charge on any atom is -0.396 e. The second-order valence-electron chi connectivity index (χ2n) is 11.8. The molecule has 5 aliphatic rings. The van der Waals surface area contributed by atoms with E-state index in [9.17, 15) is 5.11 Å². The topological polar surface area (TPSA) is 38.7 Å². The number of ether oxygens (including phenoxy) is 2. The average Bonchev–Trinajstić information content (AvgIpc) is 3.08. The highest BCUT2D eigenvalue weighted by Gasteiger charge is 2.69. The SMILES string of the molecule is C[C@@]12CO[C@H](c3ccccc3)O[C@@H]1CC[C@@]1(C)[C@H]2CC[C@H]2C[C@@H]3C[C@@]21CC[C@@H]3CO. The van der Waals surface area contributed by atoms with Crippen LogP contribution in [0.2, 0.25) is 0 Å². The number of hydrogen-bond donors (Lipinski definition) is 1. The van der Waals surface area contributed by atoms with E-state index in [1.165, 1.54) is 51.4 Å². The lowest BCUT2D eigenvalue weighted by molar-refractivity contribution is -0.319. The first-order valence-corrected chi connectivity index (χ1v) is 12.4. The first-order valence-electron chi connectivity index (χ1n) is 12.4. The number of aliphatic hydroxyl groups excluding tert-OH is 1. The number of benzene rings is 1. The van der Waals surface area contributed by atoms with Gasteiger partial charge in [-0.25, -0.2) is 0 Å². The van der Waals surface area contributed by atoms with Gasteiger partial charge in [-0.1, -0.05) is 44.2 Å². The summed E-state index contributed by atoms with van der Waals surface area (Å²) in [6.45, 7) is 6.34. The average molecular weight is 411 g/mol. The Morgan fingerprint density at radius 2 is 1.87 bits per heavy atom. The van der Waals surface area contributed by atoms with Crippen LogP contribution in [0.3, 0.4) is 0 Å². The van der Waals surface area contributed by atoms with Crippen LogP contribution in [0.1, 0.15) is 77.1 Å². The van der Waals surface area contributed by atoms with E-state index >= 15 is 0 Å². The highest BCUT2D eigenvalue weighted by molar-refractivity contribution is 5.20. The molecule has 3 heteroatoms. The van der Waals surface area contributed by atoms with E-state index in [1.54, 1.807) is 0 Å². The molecule has 1 N–H and O–H groups in total. The predicted octanol–water partition coefficient (Wildman–Crippen LogP) is 5.73. The minimum atomic E-state index is -0.209. The van der Waals surface area contributed by atoms with E-state index in [0.29, 0.717) is 35.4 Å². The monoisotopic (exact) mass is 410 g/mol. The van der Waals surface area contributed by atoms with Gasteiger partial charge >= 0.3 is 0 Å². The molecule has 3 nitrogen and oxygen atoms in total. The van der Waals surface area contributed by atoms with Crippen molar-refractivity contribution in [3.8, 4) is 0 Å². The summed E-state index contributed by atoms with van der Waals surface area (Å²) in [4.78, 5) is 0. The fourth-order valence-corrected chi connectivity index (χ4v) is 9.42. The Hall–Kier alpha value is -0.900. The number of rotatable bonds is 2. The molecule has 0 radical (unpaired) electrons. The van der Waals surface area contributed by atoms with E-state index < -0.39 is 0 Å².